The van der Waals surface area contributed by atoms with Gasteiger partial charge in [-0.3, -0.25) is 9.59 Å². The molecular weight excluding hydrogens is 414 g/mol. The molecule has 8 nitrogen and oxygen atoms in total. The summed E-state index contributed by atoms with van der Waals surface area (Å²) in [7, 11) is 1.57. The largest absolute Gasteiger partial charge is 0.507 e. The minimum atomic E-state index is -0.877. The van der Waals surface area contributed by atoms with Gasteiger partial charge in [-0.15, -0.1) is 0 Å². The van der Waals surface area contributed by atoms with Crippen molar-refractivity contribution in [1.82, 2.24) is 4.90 Å². The molecule has 1 aromatic heterocycles. The fourth-order valence-corrected chi connectivity index (χ4v) is 3.91. The first-order valence-corrected chi connectivity index (χ1v) is 9.91. The molecule has 2 aromatic carbocycles. The van der Waals surface area contributed by atoms with Gasteiger partial charge in [0.15, 0.2) is 11.5 Å². The molecule has 0 bridgehead atoms. The van der Waals surface area contributed by atoms with Crippen LogP contribution in [0.5, 0.6) is 17.2 Å². The van der Waals surface area contributed by atoms with Crippen molar-refractivity contribution in [2.75, 3.05) is 13.9 Å². The van der Waals surface area contributed by atoms with Crippen molar-refractivity contribution in [3.63, 3.8) is 0 Å². The highest BCUT2D eigenvalue weighted by Crippen LogP contribution is 2.42. The minimum Gasteiger partial charge on any atom is -0.507 e. The molecule has 0 radical (unpaired) electrons. The van der Waals surface area contributed by atoms with Gasteiger partial charge in [-0.25, -0.2) is 0 Å². The molecule has 0 aliphatic carbocycles. The number of fused-ring (bicyclic) bond motifs is 1. The third kappa shape index (κ3) is 3.26. The molecule has 1 saturated heterocycles. The number of hydrogen-bond acceptors (Lipinski definition) is 7. The van der Waals surface area contributed by atoms with Crippen molar-refractivity contribution in [2.24, 2.45) is 0 Å². The smallest absolute Gasteiger partial charge is 0.296 e. The van der Waals surface area contributed by atoms with Gasteiger partial charge in [0.2, 0.25) is 6.79 Å². The standard InChI is InChI=1S/C24H19NO7/c1-29-16-7-4-14(5-8-16)12-25-21(18-3-2-10-30-18)20(23(27)24(25)28)22(26)15-6-9-17-19(11-15)32-13-31-17/h2-11,21,26H,12-13H2,1H3/b22-20-. The summed E-state index contributed by atoms with van der Waals surface area (Å²) in [5.74, 6) is 0.251. The maximum absolute atomic E-state index is 13.0. The van der Waals surface area contributed by atoms with Crippen molar-refractivity contribution >= 4 is 17.4 Å². The van der Waals surface area contributed by atoms with E-state index in [1.54, 1.807) is 49.6 Å². The van der Waals surface area contributed by atoms with E-state index in [0.717, 1.165) is 5.56 Å². The predicted molar refractivity (Wildman–Crippen MR) is 112 cm³/mol. The number of methoxy groups -OCH3 is 1. The van der Waals surface area contributed by atoms with Crippen molar-refractivity contribution in [2.45, 2.75) is 12.6 Å². The van der Waals surface area contributed by atoms with Gasteiger partial charge in [0.05, 0.1) is 18.9 Å². The lowest BCUT2D eigenvalue weighted by atomic mass is 9.99. The Morgan fingerprint density at radius 1 is 1.09 bits per heavy atom. The number of rotatable bonds is 5. The second-order valence-electron chi connectivity index (χ2n) is 7.36. The molecule has 3 aromatic rings. The number of aliphatic hydroxyl groups is 1. The van der Waals surface area contributed by atoms with Gasteiger partial charge in [-0.2, -0.15) is 0 Å². The highest BCUT2D eigenvalue weighted by atomic mass is 16.7. The van der Waals surface area contributed by atoms with Gasteiger partial charge in [0, 0.05) is 12.1 Å². The molecule has 1 N–H and O–H groups in total. The molecule has 0 spiro atoms. The van der Waals surface area contributed by atoms with Crippen LogP contribution in [-0.4, -0.2) is 35.6 Å². The van der Waals surface area contributed by atoms with E-state index in [9.17, 15) is 14.7 Å². The number of hydrogen-bond donors (Lipinski definition) is 1. The Balaban J connectivity index is 1.57. The van der Waals surface area contributed by atoms with Gasteiger partial charge in [-0.1, -0.05) is 12.1 Å². The summed E-state index contributed by atoms with van der Waals surface area (Å²) in [6, 6.07) is 14.5. The Hall–Kier alpha value is -4.20. The average molecular weight is 433 g/mol. The van der Waals surface area contributed by atoms with E-state index in [1.165, 1.54) is 11.2 Å². The second kappa shape index (κ2) is 7.81. The summed E-state index contributed by atoms with van der Waals surface area (Å²) in [5, 5.41) is 11.1. The van der Waals surface area contributed by atoms with E-state index in [1.807, 2.05) is 12.1 Å². The molecule has 1 fully saturated rings. The number of benzene rings is 2. The third-order valence-corrected chi connectivity index (χ3v) is 5.51. The van der Waals surface area contributed by atoms with Gasteiger partial charge in [0.1, 0.15) is 23.3 Å². The Labute approximate surface area is 183 Å². The van der Waals surface area contributed by atoms with Crippen LogP contribution in [-0.2, 0) is 16.1 Å². The first-order valence-electron chi connectivity index (χ1n) is 9.91. The van der Waals surface area contributed by atoms with E-state index in [4.69, 9.17) is 18.6 Å². The van der Waals surface area contributed by atoms with E-state index >= 15 is 0 Å². The van der Waals surface area contributed by atoms with Crippen LogP contribution in [0.1, 0.15) is 22.9 Å². The van der Waals surface area contributed by atoms with Gasteiger partial charge in [0.25, 0.3) is 11.7 Å². The molecule has 1 unspecified atom stereocenters. The number of Topliss-reactive ketones (excluding diaryl/α,β-unsaturated/α-hetero) is 1. The molecule has 2 aliphatic heterocycles. The van der Waals surface area contributed by atoms with Crippen LogP contribution >= 0.6 is 0 Å². The molecule has 1 amide bonds. The lowest BCUT2D eigenvalue weighted by Crippen LogP contribution is -2.29. The number of furan rings is 1. The van der Waals surface area contributed by atoms with Crippen LogP contribution < -0.4 is 14.2 Å². The second-order valence-corrected chi connectivity index (χ2v) is 7.36. The summed E-state index contributed by atoms with van der Waals surface area (Å²) >= 11 is 0. The van der Waals surface area contributed by atoms with E-state index in [-0.39, 0.29) is 24.7 Å². The highest BCUT2D eigenvalue weighted by Gasteiger charge is 2.47. The van der Waals surface area contributed by atoms with Gasteiger partial charge < -0.3 is 28.6 Å². The monoisotopic (exact) mass is 433 g/mol. The Morgan fingerprint density at radius 2 is 1.88 bits per heavy atom. The van der Waals surface area contributed by atoms with Crippen LogP contribution in [0.15, 0.2) is 70.9 Å². The summed E-state index contributed by atoms with van der Waals surface area (Å²) in [6.45, 7) is 0.232. The molecule has 1 atom stereocenters. The lowest BCUT2D eigenvalue weighted by Gasteiger charge is -2.23. The SMILES string of the molecule is COc1ccc(CN2C(=O)C(=O)/C(=C(\O)c3ccc4c(c3)OCO4)C2c2ccco2)cc1. The van der Waals surface area contributed by atoms with E-state index in [0.29, 0.717) is 28.6 Å². The van der Waals surface area contributed by atoms with Crippen LogP contribution in [0.2, 0.25) is 0 Å². The Kier molecular flexibility index (Phi) is 4.82. The van der Waals surface area contributed by atoms with Crippen LogP contribution in [0.3, 0.4) is 0 Å². The van der Waals surface area contributed by atoms with Crippen LogP contribution in [0, 0.1) is 0 Å². The zero-order valence-electron chi connectivity index (χ0n) is 17.1. The number of carbonyl (C=O) groups is 2. The van der Waals surface area contributed by atoms with Crippen LogP contribution in [0.25, 0.3) is 5.76 Å². The fourth-order valence-electron chi connectivity index (χ4n) is 3.91. The molecular formula is C24H19NO7. The Bertz CT molecular complexity index is 1210. The summed E-state index contributed by atoms with van der Waals surface area (Å²) in [5.41, 5.74) is 1.10. The number of nitrogens with zero attached hydrogens (tertiary/aromatic N) is 1. The molecule has 3 heterocycles. The maximum atomic E-state index is 13.0. The molecule has 2 aliphatic rings. The quantitative estimate of drug-likeness (QED) is 0.373. The molecule has 8 heteroatoms. The van der Waals surface area contributed by atoms with Crippen LogP contribution in [0.4, 0.5) is 0 Å². The minimum absolute atomic E-state index is 0.0441. The lowest BCUT2D eigenvalue weighted by molar-refractivity contribution is -0.140. The molecule has 0 saturated carbocycles. The van der Waals surface area contributed by atoms with Gasteiger partial charge in [-0.05, 0) is 48.0 Å². The van der Waals surface area contributed by atoms with Crippen molar-refractivity contribution in [1.29, 1.82) is 0 Å². The number of amides is 1. The number of likely N-dealkylation sites (tertiary alicyclic amines) is 1. The van der Waals surface area contributed by atoms with E-state index in [2.05, 4.69) is 0 Å². The van der Waals surface area contributed by atoms with Gasteiger partial charge >= 0.3 is 0 Å². The summed E-state index contributed by atoms with van der Waals surface area (Å²) in [6.07, 6.45) is 1.46. The highest BCUT2D eigenvalue weighted by molar-refractivity contribution is 6.46. The third-order valence-electron chi connectivity index (χ3n) is 5.51. The normalized spacial score (nSPS) is 18.9. The summed E-state index contributed by atoms with van der Waals surface area (Å²) in [4.78, 5) is 27.4. The zero-order chi connectivity index (χ0) is 22.2. The van der Waals surface area contributed by atoms with E-state index < -0.39 is 17.7 Å². The molecule has 162 valence electrons. The molecule has 5 rings (SSSR count). The summed E-state index contributed by atoms with van der Waals surface area (Å²) < 4.78 is 21.4. The number of ketones is 1. The first-order chi connectivity index (χ1) is 15.6. The number of carbonyl (C=O) groups excluding carboxylic acids is 2. The molecule has 32 heavy (non-hydrogen) atoms. The average Bonchev–Trinajstić information content (AvgIpc) is 3.55. The zero-order valence-corrected chi connectivity index (χ0v) is 17.1. The first kappa shape index (κ1) is 19.7. The number of ether oxygens (including phenoxy) is 3. The fraction of sp³-hybridized carbons (Fsp3) is 0.167. The van der Waals surface area contributed by atoms with Crippen molar-refractivity contribution in [3.8, 4) is 17.2 Å². The predicted octanol–water partition coefficient (Wildman–Crippen LogP) is 3.64. The number of aliphatic hydroxyl groups excluding tert-OH is 1. The topological polar surface area (TPSA) is 98.4 Å². The van der Waals surface area contributed by atoms with Crippen molar-refractivity contribution in [3.05, 3.63) is 83.3 Å². The maximum Gasteiger partial charge on any atom is 0.296 e. The Morgan fingerprint density at radius 3 is 2.59 bits per heavy atom. The van der Waals surface area contributed by atoms with Crippen molar-refractivity contribution < 1.29 is 33.3 Å².